The molecule has 1 heterocycles. The summed E-state index contributed by atoms with van der Waals surface area (Å²) in [6.07, 6.45) is 4.82. The Morgan fingerprint density at radius 2 is 1.92 bits per heavy atom. The molecule has 5 heteroatoms. The molecule has 1 aliphatic heterocycles. The van der Waals surface area contributed by atoms with Crippen molar-refractivity contribution in [3.63, 3.8) is 0 Å². The van der Waals surface area contributed by atoms with Crippen molar-refractivity contribution >= 4 is 23.1 Å². The maximum atomic E-state index is 12.8. The minimum atomic E-state index is -0.778. The Balaban J connectivity index is 1.91. The van der Waals surface area contributed by atoms with Gasteiger partial charge in [0.15, 0.2) is 5.79 Å². The average Bonchev–Trinajstić information content (AvgIpc) is 2.87. The van der Waals surface area contributed by atoms with Gasteiger partial charge in [0.05, 0.1) is 24.7 Å². The number of fused-ring (bicyclic) bond motifs is 3. The number of methoxy groups -OCH3 is 1. The lowest BCUT2D eigenvalue weighted by Crippen LogP contribution is -2.45. The van der Waals surface area contributed by atoms with Gasteiger partial charge in [-0.25, -0.2) is 0 Å². The van der Waals surface area contributed by atoms with Crippen LogP contribution in [0.4, 0.5) is 0 Å². The first-order chi connectivity index (χ1) is 11.9. The van der Waals surface area contributed by atoms with Crippen molar-refractivity contribution in [1.82, 2.24) is 0 Å². The van der Waals surface area contributed by atoms with Crippen LogP contribution < -0.4 is 0 Å². The number of halogens is 1. The van der Waals surface area contributed by atoms with Crippen molar-refractivity contribution in [2.24, 2.45) is 5.41 Å². The van der Waals surface area contributed by atoms with Gasteiger partial charge in [-0.3, -0.25) is 4.79 Å². The molecule has 4 nitrogen and oxygen atoms in total. The summed E-state index contributed by atoms with van der Waals surface area (Å²) in [6.45, 7) is 4.03. The number of carbonyl (C=O) groups is 1. The molecule has 3 aliphatic rings. The van der Waals surface area contributed by atoms with E-state index in [9.17, 15) is 4.79 Å². The molecule has 0 N–H and O–H groups in total. The monoisotopic (exact) mass is 362 g/mol. The Morgan fingerprint density at radius 1 is 1.20 bits per heavy atom. The topological polar surface area (TPSA) is 44.8 Å². The smallest absolute Gasteiger partial charge is 0.316 e. The molecule has 0 amide bonds. The van der Waals surface area contributed by atoms with Crippen LogP contribution in [-0.4, -0.2) is 31.1 Å². The molecule has 0 bridgehead atoms. The van der Waals surface area contributed by atoms with Crippen LogP contribution in [0.3, 0.4) is 0 Å². The molecule has 0 radical (unpaired) electrons. The standard InChI is InChI=1S/C20H23ClO4/c1-12-13(2)25-20(24-12)10-9-19(18(22)23-3)8-7-14-5-4-6-16(21)17(14)15(19)11-20/h4-6,11-13H,7-10H2,1-3H3. The highest BCUT2D eigenvalue weighted by Crippen LogP contribution is 2.56. The summed E-state index contributed by atoms with van der Waals surface area (Å²) in [4.78, 5) is 12.8. The highest BCUT2D eigenvalue weighted by Gasteiger charge is 2.55. The first kappa shape index (κ1) is 17.1. The summed E-state index contributed by atoms with van der Waals surface area (Å²) >= 11 is 6.55. The number of aryl methyl sites for hydroxylation is 1. The van der Waals surface area contributed by atoms with Crippen molar-refractivity contribution in [3.8, 4) is 0 Å². The third kappa shape index (κ3) is 2.46. The number of ether oxygens (including phenoxy) is 3. The summed E-state index contributed by atoms with van der Waals surface area (Å²) in [5.41, 5.74) is 2.34. The number of hydrogen-bond acceptors (Lipinski definition) is 4. The highest BCUT2D eigenvalue weighted by atomic mass is 35.5. The molecule has 0 aromatic heterocycles. The number of esters is 1. The predicted molar refractivity (Wildman–Crippen MR) is 95.3 cm³/mol. The minimum Gasteiger partial charge on any atom is -0.468 e. The molecule has 1 aromatic rings. The second-order valence-corrected chi connectivity index (χ2v) is 7.77. The minimum absolute atomic E-state index is 0.0109. The Morgan fingerprint density at radius 3 is 2.60 bits per heavy atom. The third-order valence-corrected chi connectivity index (χ3v) is 6.29. The van der Waals surface area contributed by atoms with Gasteiger partial charge in [-0.05, 0) is 56.4 Å². The van der Waals surface area contributed by atoms with Crippen LogP contribution in [0, 0.1) is 5.41 Å². The summed E-state index contributed by atoms with van der Waals surface area (Å²) in [5, 5.41) is 0.660. The van der Waals surface area contributed by atoms with Gasteiger partial charge in [-0.1, -0.05) is 23.7 Å². The van der Waals surface area contributed by atoms with E-state index in [0.717, 1.165) is 29.5 Å². The lowest BCUT2D eigenvalue weighted by atomic mass is 9.62. The molecule has 4 rings (SSSR count). The van der Waals surface area contributed by atoms with Gasteiger partial charge < -0.3 is 14.2 Å². The molecule has 3 atom stereocenters. The van der Waals surface area contributed by atoms with Crippen LogP contribution in [-0.2, 0) is 25.4 Å². The van der Waals surface area contributed by atoms with Gasteiger partial charge >= 0.3 is 5.97 Å². The van der Waals surface area contributed by atoms with E-state index in [4.69, 9.17) is 25.8 Å². The Hall–Kier alpha value is -1.36. The third-order valence-electron chi connectivity index (χ3n) is 5.98. The van der Waals surface area contributed by atoms with Crippen molar-refractivity contribution in [2.45, 2.75) is 57.5 Å². The fourth-order valence-corrected chi connectivity index (χ4v) is 4.79. The average molecular weight is 363 g/mol. The van der Waals surface area contributed by atoms with Crippen LogP contribution in [0.1, 0.15) is 44.2 Å². The molecule has 25 heavy (non-hydrogen) atoms. The lowest BCUT2D eigenvalue weighted by Gasteiger charge is -2.45. The van der Waals surface area contributed by atoms with E-state index in [2.05, 4.69) is 6.07 Å². The van der Waals surface area contributed by atoms with Crippen molar-refractivity contribution in [3.05, 3.63) is 40.4 Å². The molecular weight excluding hydrogens is 340 g/mol. The van der Waals surface area contributed by atoms with Gasteiger partial charge in [0, 0.05) is 17.0 Å². The van der Waals surface area contributed by atoms with Crippen LogP contribution in [0.5, 0.6) is 0 Å². The zero-order valence-corrected chi connectivity index (χ0v) is 15.6. The van der Waals surface area contributed by atoms with Gasteiger partial charge in [-0.2, -0.15) is 0 Å². The quantitative estimate of drug-likeness (QED) is 0.704. The SMILES string of the molecule is COC(=O)C12CCc3cccc(Cl)c3C1=CC1(CC2)OC(C)C(C)O1. The van der Waals surface area contributed by atoms with Gasteiger partial charge in [0.25, 0.3) is 0 Å². The lowest BCUT2D eigenvalue weighted by molar-refractivity contribution is -0.161. The number of carbonyl (C=O) groups excluding carboxylic acids is 1. The largest absolute Gasteiger partial charge is 0.468 e. The van der Waals surface area contributed by atoms with Crippen molar-refractivity contribution < 1.29 is 19.0 Å². The maximum absolute atomic E-state index is 12.8. The van der Waals surface area contributed by atoms with E-state index >= 15 is 0 Å². The van der Waals surface area contributed by atoms with E-state index < -0.39 is 11.2 Å². The zero-order valence-electron chi connectivity index (χ0n) is 14.8. The molecular formula is C20H23ClO4. The number of hydrogen-bond donors (Lipinski definition) is 0. The Labute approximate surface area is 153 Å². The fraction of sp³-hybridized carbons (Fsp3) is 0.550. The molecule has 1 saturated heterocycles. The Kier molecular flexibility index (Phi) is 3.98. The molecule has 1 spiro atoms. The van der Waals surface area contributed by atoms with Gasteiger partial charge in [0.1, 0.15) is 0 Å². The molecule has 2 aliphatic carbocycles. The van der Waals surface area contributed by atoms with Crippen LogP contribution in [0.15, 0.2) is 24.3 Å². The van der Waals surface area contributed by atoms with Crippen LogP contribution >= 0.6 is 11.6 Å². The molecule has 3 unspecified atom stereocenters. The maximum Gasteiger partial charge on any atom is 0.316 e. The zero-order chi connectivity index (χ0) is 17.8. The Bertz CT molecular complexity index is 746. The number of rotatable bonds is 1. The molecule has 134 valence electrons. The highest BCUT2D eigenvalue weighted by molar-refractivity contribution is 6.32. The predicted octanol–water partition coefficient (Wildman–Crippen LogP) is 4.14. The first-order valence-electron chi connectivity index (χ1n) is 8.86. The van der Waals surface area contributed by atoms with Crippen molar-refractivity contribution in [1.29, 1.82) is 0 Å². The van der Waals surface area contributed by atoms with Crippen LogP contribution in [0.25, 0.3) is 5.57 Å². The summed E-state index contributed by atoms with van der Waals surface area (Å²) in [6, 6.07) is 5.90. The van der Waals surface area contributed by atoms with Crippen LogP contribution in [0.2, 0.25) is 5.02 Å². The van der Waals surface area contributed by atoms with Gasteiger partial charge in [-0.15, -0.1) is 0 Å². The molecule has 1 aromatic carbocycles. The molecule has 1 fully saturated rings. The fourth-order valence-electron chi connectivity index (χ4n) is 4.49. The summed E-state index contributed by atoms with van der Waals surface area (Å²) < 4.78 is 17.5. The van der Waals surface area contributed by atoms with E-state index in [0.29, 0.717) is 17.9 Å². The summed E-state index contributed by atoms with van der Waals surface area (Å²) in [7, 11) is 1.45. The van der Waals surface area contributed by atoms with E-state index in [1.807, 2.05) is 32.1 Å². The van der Waals surface area contributed by atoms with E-state index in [-0.39, 0.29) is 18.2 Å². The second kappa shape index (κ2) is 5.83. The van der Waals surface area contributed by atoms with E-state index in [1.165, 1.54) is 7.11 Å². The summed E-state index contributed by atoms with van der Waals surface area (Å²) in [5.74, 6) is -0.974. The van der Waals surface area contributed by atoms with Gasteiger partial charge in [0.2, 0.25) is 0 Å². The van der Waals surface area contributed by atoms with E-state index in [1.54, 1.807) is 0 Å². The van der Waals surface area contributed by atoms with Crippen molar-refractivity contribution in [2.75, 3.05) is 7.11 Å². The number of benzene rings is 1. The second-order valence-electron chi connectivity index (χ2n) is 7.36. The first-order valence-corrected chi connectivity index (χ1v) is 9.24. The molecule has 0 saturated carbocycles. The normalized spacial score (nSPS) is 36.6.